The monoisotopic (exact) mass is 284 g/mol. The van der Waals surface area contributed by atoms with Gasteiger partial charge >= 0.3 is 0 Å². The molecule has 1 aliphatic rings. The molecule has 1 saturated carbocycles. The number of unbranched alkanes of at least 4 members (excludes halogenated alkanes) is 1. The second-order valence-corrected chi connectivity index (χ2v) is 6.06. The molecule has 1 aromatic heterocycles. The van der Waals surface area contributed by atoms with Crippen molar-refractivity contribution >= 4 is 22.2 Å². The van der Waals surface area contributed by atoms with Crippen LogP contribution in [0.2, 0.25) is 0 Å². The van der Waals surface area contributed by atoms with Crippen molar-refractivity contribution < 1.29 is 9.94 Å². The molecule has 0 aliphatic heterocycles. The van der Waals surface area contributed by atoms with E-state index in [1.807, 2.05) is 0 Å². The number of thiazole rings is 1. The van der Waals surface area contributed by atoms with Crippen LogP contribution in [0.1, 0.15) is 43.3 Å². The van der Waals surface area contributed by atoms with Gasteiger partial charge in [0, 0.05) is 18.6 Å². The van der Waals surface area contributed by atoms with Crippen LogP contribution in [0.5, 0.6) is 0 Å². The number of nitrogens with zero attached hydrogens (tertiary/aromatic N) is 1. The molecule has 0 atom stereocenters. The van der Waals surface area contributed by atoms with E-state index in [1.54, 1.807) is 11.3 Å². The Kier molecular flexibility index (Phi) is 4.38. The number of aliphatic hydroxyl groups excluding tert-OH is 1. The third kappa shape index (κ3) is 3.23. The molecule has 106 valence electrons. The average molecular weight is 284 g/mol. The Morgan fingerprint density at radius 1 is 1.58 bits per heavy atom. The Balaban J connectivity index is 2.10. The molecule has 1 fully saturated rings. The fourth-order valence-electron chi connectivity index (χ4n) is 1.75. The summed E-state index contributed by atoms with van der Waals surface area (Å²) in [6.07, 6.45) is 3.91. The zero-order valence-corrected chi connectivity index (χ0v) is 11.8. The molecule has 0 spiro atoms. The molecule has 6 nitrogen and oxygen atoms in total. The summed E-state index contributed by atoms with van der Waals surface area (Å²) in [6, 6.07) is 0. The molecule has 0 saturated heterocycles. The molecule has 0 amide bonds. The minimum atomic E-state index is -0.114. The maximum atomic E-state index is 8.76. The molecule has 2 rings (SSSR count). The van der Waals surface area contributed by atoms with Crippen LogP contribution in [0.3, 0.4) is 0 Å². The maximum absolute atomic E-state index is 8.76. The number of hydrogen-bond donors (Lipinski definition) is 4. The molecule has 1 aliphatic carbocycles. The Morgan fingerprint density at radius 3 is 2.89 bits per heavy atom. The molecule has 1 heterocycles. The lowest BCUT2D eigenvalue weighted by molar-refractivity contribution is 0.286. The van der Waals surface area contributed by atoms with E-state index in [0.29, 0.717) is 5.69 Å². The van der Waals surface area contributed by atoms with E-state index in [0.717, 1.165) is 42.2 Å². The molecule has 7 heteroatoms. The van der Waals surface area contributed by atoms with E-state index in [1.165, 1.54) is 0 Å². The van der Waals surface area contributed by atoms with E-state index in [2.05, 4.69) is 22.1 Å². The van der Waals surface area contributed by atoms with Crippen molar-refractivity contribution in [3.63, 3.8) is 0 Å². The smallest absolute Gasteiger partial charge is 0.259 e. The largest absolute Gasteiger partial charge is 0.396 e. The highest BCUT2D eigenvalue weighted by atomic mass is 32.1. The first-order valence-electron chi connectivity index (χ1n) is 6.42. The number of aromatic nitrogens is 1. The lowest BCUT2D eigenvalue weighted by Crippen LogP contribution is -2.14. The topological polar surface area (TPSA) is 104 Å². The summed E-state index contributed by atoms with van der Waals surface area (Å²) in [5, 5.41) is 21.6. The van der Waals surface area contributed by atoms with Crippen LogP contribution in [0, 0.1) is 5.41 Å². The van der Waals surface area contributed by atoms with Crippen molar-refractivity contribution in [1.29, 1.82) is 5.41 Å². The van der Waals surface area contributed by atoms with E-state index in [-0.39, 0.29) is 17.9 Å². The second-order valence-electron chi connectivity index (χ2n) is 5.06. The van der Waals surface area contributed by atoms with Crippen LogP contribution >= 0.6 is 11.3 Å². The summed E-state index contributed by atoms with van der Waals surface area (Å²) in [5.74, 6) is 4.95. The van der Waals surface area contributed by atoms with Gasteiger partial charge in [-0.3, -0.25) is 5.41 Å². The standard InChI is InChI=1S/C12H20N4O2S/c1-12(4-5-12)11-16-8(9(13)18-14)10(19-11)15-6-2-3-7-17/h13,15,17H,2-7,14H2,1H3. The van der Waals surface area contributed by atoms with Gasteiger partial charge in [-0.05, 0) is 25.7 Å². The first kappa shape index (κ1) is 14.2. The van der Waals surface area contributed by atoms with Crippen molar-refractivity contribution in [1.82, 2.24) is 4.98 Å². The Bertz CT molecular complexity index is 457. The number of nitrogens with one attached hydrogen (secondary N) is 2. The highest BCUT2D eigenvalue weighted by Crippen LogP contribution is 2.50. The highest BCUT2D eigenvalue weighted by molar-refractivity contribution is 7.16. The van der Waals surface area contributed by atoms with Crippen LogP contribution in [-0.4, -0.2) is 29.1 Å². The quantitative estimate of drug-likeness (QED) is 0.263. The van der Waals surface area contributed by atoms with Gasteiger partial charge in [-0.2, -0.15) is 5.90 Å². The molecule has 0 unspecified atom stereocenters. The molecule has 19 heavy (non-hydrogen) atoms. The lowest BCUT2D eigenvalue weighted by atomic mass is 10.2. The van der Waals surface area contributed by atoms with Crippen LogP contribution in [0.4, 0.5) is 5.00 Å². The van der Waals surface area contributed by atoms with Crippen molar-refractivity contribution in [3.8, 4) is 0 Å². The van der Waals surface area contributed by atoms with Crippen molar-refractivity contribution in [2.24, 2.45) is 5.90 Å². The summed E-state index contributed by atoms with van der Waals surface area (Å²) in [5.41, 5.74) is 0.652. The summed E-state index contributed by atoms with van der Waals surface area (Å²) >= 11 is 1.57. The lowest BCUT2D eigenvalue weighted by Gasteiger charge is -2.05. The van der Waals surface area contributed by atoms with Crippen molar-refractivity contribution in [2.45, 2.75) is 38.0 Å². The van der Waals surface area contributed by atoms with Crippen molar-refractivity contribution in [3.05, 3.63) is 10.7 Å². The molecule has 0 radical (unpaired) electrons. The SMILES string of the molecule is CC1(c2nc(C(=N)ON)c(NCCCCO)s2)CC1. The summed E-state index contributed by atoms with van der Waals surface area (Å²) in [7, 11) is 0. The van der Waals surface area contributed by atoms with Gasteiger partial charge in [0.15, 0.2) is 5.69 Å². The molecular formula is C12H20N4O2S. The van der Waals surface area contributed by atoms with Gasteiger partial charge in [-0.15, -0.1) is 11.3 Å². The minimum Gasteiger partial charge on any atom is -0.396 e. The van der Waals surface area contributed by atoms with Gasteiger partial charge < -0.3 is 15.3 Å². The summed E-state index contributed by atoms with van der Waals surface area (Å²) in [6.45, 7) is 3.12. The van der Waals surface area contributed by atoms with E-state index in [9.17, 15) is 0 Å². The first-order chi connectivity index (χ1) is 9.10. The zero-order chi connectivity index (χ0) is 13.9. The van der Waals surface area contributed by atoms with Crippen molar-refractivity contribution in [2.75, 3.05) is 18.5 Å². The number of nitrogens with two attached hydrogens (primary N) is 1. The van der Waals surface area contributed by atoms with Gasteiger partial charge in [0.2, 0.25) is 0 Å². The number of aliphatic hydroxyl groups is 1. The predicted molar refractivity (Wildman–Crippen MR) is 75.6 cm³/mol. The van der Waals surface area contributed by atoms with Gasteiger partial charge in [0.1, 0.15) is 10.0 Å². The third-order valence-electron chi connectivity index (χ3n) is 3.35. The fraction of sp³-hybridized carbons (Fsp3) is 0.667. The van der Waals surface area contributed by atoms with E-state index >= 15 is 0 Å². The minimum absolute atomic E-state index is 0.114. The zero-order valence-electron chi connectivity index (χ0n) is 11.0. The Hall–Kier alpha value is -1.18. The molecule has 1 aromatic rings. The van der Waals surface area contributed by atoms with Gasteiger partial charge in [0.05, 0.1) is 0 Å². The predicted octanol–water partition coefficient (Wildman–Crippen LogP) is 1.59. The second kappa shape index (κ2) is 5.85. The van der Waals surface area contributed by atoms with E-state index in [4.69, 9.17) is 16.4 Å². The average Bonchev–Trinajstić information content (AvgIpc) is 3.02. The van der Waals surface area contributed by atoms with Crippen LogP contribution in [0.15, 0.2) is 0 Å². The van der Waals surface area contributed by atoms with Gasteiger partial charge in [0.25, 0.3) is 5.90 Å². The highest BCUT2D eigenvalue weighted by Gasteiger charge is 2.42. The molecule has 5 N–H and O–H groups in total. The summed E-state index contributed by atoms with van der Waals surface area (Å²) in [4.78, 5) is 8.99. The van der Waals surface area contributed by atoms with Crippen LogP contribution in [0.25, 0.3) is 0 Å². The van der Waals surface area contributed by atoms with Crippen LogP contribution in [-0.2, 0) is 10.3 Å². The molecular weight excluding hydrogens is 264 g/mol. The normalized spacial score (nSPS) is 16.2. The fourth-order valence-corrected chi connectivity index (χ4v) is 2.94. The summed E-state index contributed by atoms with van der Waals surface area (Å²) < 4.78 is 0. The number of rotatable bonds is 7. The number of anilines is 1. The van der Waals surface area contributed by atoms with E-state index < -0.39 is 0 Å². The van der Waals surface area contributed by atoms with Gasteiger partial charge in [-0.1, -0.05) is 6.92 Å². The van der Waals surface area contributed by atoms with Gasteiger partial charge in [-0.25, -0.2) is 4.98 Å². The molecule has 0 aromatic carbocycles. The van der Waals surface area contributed by atoms with Crippen LogP contribution < -0.4 is 11.2 Å². The maximum Gasteiger partial charge on any atom is 0.259 e. The molecule has 0 bridgehead atoms. The first-order valence-corrected chi connectivity index (χ1v) is 7.24. The number of hydrogen-bond acceptors (Lipinski definition) is 7. The Morgan fingerprint density at radius 2 is 2.32 bits per heavy atom. The third-order valence-corrected chi connectivity index (χ3v) is 4.67. The Labute approximate surface area is 116 Å².